The number of nitro groups is 1. The number of hydrogen-bond donors (Lipinski definition) is 1. The molecule has 1 N–H and O–H groups in total. The smallest absolute Gasteiger partial charge is 0.293 e. The van der Waals surface area contributed by atoms with Crippen molar-refractivity contribution in [3.8, 4) is 0 Å². The zero-order valence-electron chi connectivity index (χ0n) is 10.4. The van der Waals surface area contributed by atoms with Crippen LogP contribution in [-0.2, 0) is 7.05 Å². The average molecular weight is 326 g/mol. The molecule has 19 heavy (non-hydrogen) atoms. The topological polar surface area (TPSA) is 85.9 Å². The molecule has 0 aliphatic heterocycles. The van der Waals surface area contributed by atoms with Crippen LogP contribution < -0.4 is 5.32 Å². The van der Waals surface area contributed by atoms with Crippen LogP contribution in [0.3, 0.4) is 0 Å². The molecule has 0 amide bonds. The number of nitrogens with one attached hydrogen (secondary N) is 1. The molecule has 1 atom stereocenters. The van der Waals surface area contributed by atoms with Crippen LogP contribution in [0.4, 0.5) is 11.4 Å². The lowest BCUT2D eigenvalue weighted by molar-refractivity contribution is -0.384. The fourth-order valence-corrected chi connectivity index (χ4v) is 2.11. The van der Waals surface area contributed by atoms with Crippen molar-refractivity contribution in [3.63, 3.8) is 0 Å². The minimum Gasteiger partial charge on any atom is -0.370 e. The van der Waals surface area contributed by atoms with E-state index in [1.807, 2.05) is 14.0 Å². The first-order valence-corrected chi connectivity index (χ1v) is 6.32. The minimum absolute atomic E-state index is 0.0170. The summed E-state index contributed by atoms with van der Waals surface area (Å²) in [7, 11) is 1.82. The Bertz CT molecular complexity index is 613. The third kappa shape index (κ3) is 2.90. The highest BCUT2D eigenvalue weighted by molar-refractivity contribution is 9.10. The molecule has 2 rings (SSSR count). The largest absolute Gasteiger partial charge is 0.370 e. The molecule has 0 spiro atoms. The maximum atomic E-state index is 11.0. The van der Waals surface area contributed by atoms with Crippen LogP contribution in [0.2, 0.25) is 0 Å². The Morgan fingerprint density at radius 2 is 2.26 bits per heavy atom. The van der Waals surface area contributed by atoms with E-state index in [4.69, 9.17) is 0 Å². The van der Waals surface area contributed by atoms with E-state index in [1.54, 1.807) is 23.0 Å². The number of aryl methyl sites for hydroxylation is 1. The number of aromatic nitrogens is 3. The normalized spacial score (nSPS) is 12.2. The van der Waals surface area contributed by atoms with Gasteiger partial charge in [-0.1, -0.05) is 15.9 Å². The van der Waals surface area contributed by atoms with Crippen LogP contribution in [0.1, 0.15) is 18.8 Å². The van der Waals surface area contributed by atoms with Gasteiger partial charge in [0.25, 0.3) is 5.69 Å². The maximum Gasteiger partial charge on any atom is 0.293 e. The summed E-state index contributed by atoms with van der Waals surface area (Å²) in [4.78, 5) is 10.6. The predicted molar refractivity (Wildman–Crippen MR) is 73.8 cm³/mol. The van der Waals surface area contributed by atoms with Crippen LogP contribution in [0, 0.1) is 10.1 Å². The van der Waals surface area contributed by atoms with Gasteiger partial charge in [0.15, 0.2) is 5.82 Å². The molecule has 0 bridgehead atoms. The fourth-order valence-electron chi connectivity index (χ4n) is 1.76. The van der Waals surface area contributed by atoms with Crippen molar-refractivity contribution in [1.29, 1.82) is 0 Å². The molecule has 7 nitrogen and oxygen atoms in total. The van der Waals surface area contributed by atoms with Gasteiger partial charge < -0.3 is 9.88 Å². The van der Waals surface area contributed by atoms with Crippen molar-refractivity contribution in [2.75, 3.05) is 5.32 Å². The van der Waals surface area contributed by atoms with Crippen molar-refractivity contribution in [2.24, 2.45) is 7.05 Å². The van der Waals surface area contributed by atoms with Gasteiger partial charge in [0.05, 0.1) is 11.0 Å². The first-order chi connectivity index (χ1) is 8.99. The van der Waals surface area contributed by atoms with E-state index in [9.17, 15) is 10.1 Å². The summed E-state index contributed by atoms with van der Waals surface area (Å²) in [5, 5.41) is 21.9. The second kappa shape index (κ2) is 5.35. The summed E-state index contributed by atoms with van der Waals surface area (Å²) < 4.78 is 2.43. The van der Waals surface area contributed by atoms with Gasteiger partial charge in [0.2, 0.25) is 0 Å². The molecule has 0 saturated carbocycles. The second-order valence-corrected chi connectivity index (χ2v) is 5.00. The van der Waals surface area contributed by atoms with Gasteiger partial charge in [0.1, 0.15) is 12.0 Å². The number of benzene rings is 1. The summed E-state index contributed by atoms with van der Waals surface area (Å²) in [6.45, 7) is 1.87. The van der Waals surface area contributed by atoms with Crippen molar-refractivity contribution < 1.29 is 4.92 Å². The van der Waals surface area contributed by atoms with Crippen LogP contribution in [-0.4, -0.2) is 19.7 Å². The minimum atomic E-state index is -0.420. The van der Waals surface area contributed by atoms with Gasteiger partial charge in [-0.25, -0.2) is 0 Å². The van der Waals surface area contributed by atoms with Crippen LogP contribution >= 0.6 is 15.9 Å². The molecule has 1 aromatic carbocycles. The SMILES string of the molecule is CC(Nc1ccc(Br)cc1[N+](=O)[O-])c1nncn1C. The summed E-state index contributed by atoms with van der Waals surface area (Å²) in [5.41, 5.74) is 0.465. The lowest BCUT2D eigenvalue weighted by Crippen LogP contribution is -2.12. The molecule has 0 radical (unpaired) electrons. The van der Waals surface area contributed by atoms with Gasteiger partial charge in [-0.2, -0.15) is 0 Å². The van der Waals surface area contributed by atoms with Crippen LogP contribution in [0.5, 0.6) is 0 Å². The van der Waals surface area contributed by atoms with Gasteiger partial charge in [0, 0.05) is 17.6 Å². The zero-order valence-corrected chi connectivity index (χ0v) is 12.0. The van der Waals surface area contributed by atoms with Crippen molar-refractivity contribution in [1.82, 2.24) is 14.8 Å². The lowest BCUT2D eigenvalue weighted by atomic mass is 10.2. The third-order valence-electron chi connectivity index (χ3n) is 2.66. The molecule has 0 aliphatic carbocycles. The standard InChI is InChI=1S/C11H12BrN5O2/c1-7(11-15-13-6-16(11)2)14-9-4-3-8(12)5-10(9)17(18)19/h3-7,14H,1-2H3. The highest BCUT2D eigenvalue weighted by Crippen LogP contribution is 2.30. The molecular weight excluding hydrogens is 314 g/mol. The molecule has 1 heterocycles. The molecule has 1 aromatic heterocycles. The van der Waals surface area contributed by atoms with Crippen LogP contribution in [0.25, 0.3) is 0 Å². The number of hydrogen-bond acceptors (Lipinski definition) is 5. The fraction of sp³-hybridized carbons (Fsp3) is 0.273. The first kappa shape index (κ1) is 13.5. The van der Waals surface area contributed by atoms with Crippen molar-refractivity contribution >= 4 is 27.3 Å². The number of halogens is 1. The van der Waals surface area contributed by atoms with E-state index >= 15 is 0 Å². The Balaban J connectivity index is 2.29. The van der Waals surface area contributed by atoms with E-state index < -0.39 is 4.92 Å². The number of anilines is 1. The van der Waals surface area contributed by atoms with E-state index in [-0.39, 0.29) is 11.7 Å². The summed E-state index contributed by atoms with van der Waals surface area (Å²) >= 11 is 3.22. The number of nitro benzene ring substituents is 1. The van der Waals surface area contributed by atoms with Gasteiger partial charge >= 0.3 is 0 Å². The Hall–Kier alpha value is -1.96. The molecule has 0 saturated heterocycles. The quantitative estimate of drug-likeness (QED) is 0.689. The second-order valence-electron chi connectivity index (χ2n) is 4.08. The summed E-state index contributed by atoms with van der Waals surface area (Å²) in [5.74, 6) is 0.706. The molecular formula is C11H12BrN5O2. The number of nitrogens with zero attached hydrogens (tertiary/aromatic N) is 4. The molecule has 100 valence electrons. The molecule has 2 aromatic rings. The van der Waals surface area contributed by atoms with Crippen molar-refractivity contribution in [3.05, 3.63) is 44.9 Å². The lowest BCUT2D eigenvalue weighted by Gasteiger charge is -2.14. The molecule has 1 unspecified atom stereocenters. The Morgan fingerprint density at radius 3 is 2.84 bits per heavy atom. The first-order valence-electron chi connectivity index (χ1n) is 5.53. The monoisotopic (exact) mass is 325 g/mol. The van der Waals surface area contributed by atoms with E-state index in [0.717, 1.165) is 0 Å². The predicted octanol–water partition coefficient (Wildman–Crippen LogP) is 2.66. The van der Waals surface area contributed by atoms with Crippen LogP contribution in [0.15, 0.2) is 29.0 Å². The Labute approximate surface area is 117 Å². The zero-order chi connectivity index (χ0) is 14.0. The molecule has 8 heteroatoms. The van der Waals surface area contributed by atoms with Gasteiger partial charge in [-0.05, 0) is 19.1 Å². The third-order valence-corrected chi connectivity index (χ3v) is 3.16. The highest BCUT2D eigenvalue weighted by Gasteiger charge is 2.18. The maximum absolute atomic E-state index is 11.0. The van der Waals surface area contributed by atoms with E-state index in [1.165, 1.54) is 6.07 Å². The van der Waals surface area contributed by atoms with Gasteiger partial charge in [-0.3, -0.25) is 10.1 Å². The van der Waals surface area contributed by atoms with E-state index in [0.29, 0.717) is 16.0 Å². The summed E-state index contributed by atoms with van der Waals surface area (Å²) in [6.07, 6.45) is 1.59. The average Bonchev–Trinajstić information content (AvgIpc) is 2.77. The Kier molecular flexibility index (Phi) is 3.79. The van der Waals surface area contributed by atoms with Gasteiger partial charge in [-0.15, -0.1) is 10.2 Å². The molecule has 0 fully saturated rings. The summed E-state index contributed by atoms with van der Waals surface area (Å²) in [6, 6.07) is 4.69. The number of rotatable bonds is 4. The van der Waals surface area contributed by atoms with E-state index in [2.05, 4.69) is 31.4 Å². The van der Waals surface area contributed by atoms with Crippen molar-refractivity contribution in [2.45, 2.75) is 13.0 Å². The Morgan fingerprint density at radius 1 is 1.53 bits per heavy atom. The molecule has 0 aliphatic rings. The highest BCUT2D eigenvalue weighted by atomic mass is 79.9.